The highest BCUT2D eigenvalue weighted by molar-refractivity contribution is 8.01. The number of carbonyl (C=O) groups is 4. The lowest BCUT2D eigenvalue weighted by Gasteiger charge is -2.56. The summed E-state index contributed by atoms with van der Waals surface area (Å²) in [6.07, 6.45) is -1.38. The summed E-state index contributed by atoms with van der Waals surface area (Å²) in [4.78, 5) is 55.2. The molecule has 0 radical (unpaired) electrons. The number of β-lactam (4-membered cyclic amide) rings is 1. The predicted molar refractivity (Wildman–Crippen MR) is 160 cm³/mol. The van der Waals surface area contributed by atoms with Gasteiger partial charge in [-0.15, -0.1) is 16.9 Å². The lowest BCUT2D eigenvalue weighted by molar-refractivity contribution is -0.889. The number of benzene rings is 1. The average Bonchev–Trinajstić information content (AvgIpc) is 3.45. The number of hydroxylamine groups is 3. The second kappa shape index (κ2) is 12.9. The molecule has 2 saturated heterocycles. The number of hydrogen-bond donors (Lipinski definition) is 5. The van der Waals surface area contributed by atoms with Crippen LogP contribution in [0.3, 0.4) is 0 Å². The van der Waals surface area contributed by atoms with E-state index in [0.717, 1.165) is 9.80 Å². The first-order valence-electron chi connectivity index (χ1n) is 14.0. The van der Waals surface area contributed by atoms with Crippen LogP contribution in [-0.4, -0.2) is 135 Å². The van der Waals surface area contributed by atoms with Gasteiger partial charge in [0.15, 0.2) is 11.8 Å². The van der Waals surface area contributed by atoms with Crippen molar-refractivity contribution in [3.63, 3.8) is 0 Å². The minimum absolute atomic E-state index is 0.0434. The summed E-state index contributed by atoms with van der Waals surface area (Å²) in [5, 5.41) is 59.6. The number of piperazine rings is 1. The van der Waals surface area contributed by atoms with E-state index >= 15 is 0 Å². The largest absolute Gasteiger partial charge is 0.633 e. The molecule has 5 atom stereocenters. The van der Waals surface area contributed by atoms with E-state index in [1.807, 2.05) is 0 Å². The number of carboxylic acid groups (broad SMARTS) is 1. The number of carbonyl (C=O) groups excluding carboxylic acids is 3. The highest BCUT2D eigenvalue weighted by atomic mass is 32.2. The van der Waals surface area contributed by atoms with E-state index in [-0.39, 0.29) is 43.4 Å². The number of hydrogen-bond acceptors (Lipinski definition) is 12. The van der Waals surface area contributed by atoms with Gasteiger partial charge in [-0.1, -0.05) is 42.1 Å². The van der Waals surface area contributed by atoms with E-state index in [4.69, 9.17) is 0 Å². The predicted octanol–water partition coefficient (Wildman–Crippen LogP) is -1.18. The van der Waals surface area contributed by atoms with Crippen molar-refractivity contribution in [2.45, 2.75) is 35.3 Å². The Balaban J connectivity index is 1.35. The molecule has 3 aliphatic heterocycles. The van der Waals surface area contributed by atoms with Gasteiger partial charge in [-0.2, -0.15) is 0 Å². The van der Waals surface area contributed by atoms with E-state index in [1.165, 1.54) is 28.2 Å². The zero-order valence-corrected chi connectivity index (χ0v) is 26.0. The zero-order chi connectivity index (χ0) is 32.5. The Labute approximate surface area is 265 Å². The molecule has 2 fully saturated rings. The number of carboxylic acids is 1. The number of aryl methyl sites for hydroxylation is 1. The van der Waals surface area contributed by atoms with Gasteiger partial charge in [0.1, 0.15) is 23.7 Å². The van der Waals surface area contributed by atoms with Crippen LogP contribution in [0.15, 0.2) is 46.8 Å². The Kier molecular flexibility index (Phi) is 9.38. The van der Waals surface area contributed by atoms with Gasteiger partial charge < -0.3 is 35.8 Å². The molecule has 3 unspecified atom stereocenters. The molecule has 0 bridgehead atoms. The minimum atomic E-state index is -1.86. The third kappa shape index (κ3) is 6.10. The molecular weight excluding hydrogens is 630 g/mol. The lowest BCUT2D eigenvalue weighted by atomic mass is 9.86. The van der Waals surface area contributed by atoms with Crippen molar-refractivity contribution >= 4 is 47.3 Å². The summed E-state index contributed by atoms with van der Waals surface area (Å²) < 4.78 is 0.774. The third-order valence-electron chi connectivity index (χ3n) is 8.11. The number of urea groups is 1. The van der Waals surface area contributed by atoms with Crippen LogP contribution in [0.1, 0.15) is 18.5 Å². The van der Waals surface area contributed by atoms with Crippen LogP contribution >= 0.6 is 23.5 Å². The molecule has 19 heteroatoms. The molecule has 0 saturated carbocycles. The van der Waals surface area contributed by atoms with Crippen LogP contribution in [0.5, 0.6) is 0 Å². The van der Waals surface area contributed by atoms with E-state index in [9.17, 15) is 39.7 Å². The number of amides is 4. The molecule has 45 heavy (non-hydrogen) atoms. The number of fused-ring (bicyclic) bond motifs is 1. The minimum Gasteiger partial charge on any atom is -0.633 e. The quantitative estimate of drug-likeness (QED) is 0.0875. The molecule has 0 spiro atoms. The van der Waals surface area contributed by atoms with E-state index in [1.54, 1.807) is 44.3 Å². The van der Waals surface area contributed by atoms with Crippen molar-refractivity contribution in [3.05, 3.63) is 52.4 Å². The first-order valence-corrected chi connectivity index (χ1v) is 16.0. The molecule has 4 heterocycles. The molecule has 3 aliphatic rings. The number of tetrazole rings is 1. The van der Waals surface area contributed by atoms with Gasteiger partial charge in [-0.05, 0) is 28.5 Å². The van der Waals surface area contributed by atoms with Crippen molar-refractivity contribution in [2.75, 3.05) is 44.3 Å². The Morgan fingerprint density at radius 3 is 2.62 bits per heavy atom. The van der Waals surface area contributed by atoms with Crippen LogP contribution in [-0.2, 0) is 21.4 Å². The first kappa shape index (κ1) is 32.6. The maximum Gasteiger partial charge on any atom is 0.352 e. The summed E-state index contributed by atoms with van der Waals surface area (Å²) in [7, 11) is 1.64. The Hall–Kier alpha value is -3.75. The molecule has 5 rings (SSSR count). The fourth-order valence-electron chi connectivity index (χ4n) is 5.49. The molecule has 4 amide bonds. The van der Waals surface area contributed by atoms with Crippen LogP contribution in [0.2, 0.25) is 0 Å². The van der Waals surface area contributed by atoms with Crippen molar-refractivity contribution in [1.82, 2.24) is 40.6 Å². The normalized spacial score (nSPS) is 27.0. The number of aliphatic hydroxyl groups excluding tert-OH is 2. The molecule has 2 aromatic rings. The summed E-state index contributed by atoms with van der Waals surface area (Å²) in [6, 6.07) is 6.04. The summed E-state index contributed by atoms with van der Waals surface area (Å²) in [6.45, 7) is 0.899. The van der Waals surface area contributed by atoms with E-state index in [2.05, 4.69) is 26.2 Å². The maximum atomic E-state index is 13.8. The number of thioether (sulfide) groups is 2. The Morgan fingerprint density at radius 2 is 2.02 bits per heavy atom. The van der Waals surface area contributed by atoms with Gasteiger partial charge in [0.25, 0.3) is 5.91 Å². The van der Waals surface area contributed by atoms with Gasteiger partial charge in [0.2, 0.25) is 11.1 Å². The van der Waals surface area contributed by atoms with Crippen LogP contribution in [0.25, 0.3) is 0 Å². The number of nitrogens with one attached hydrogen (secondary N) is 2. The zero-order valence-electron chi connectivity index (χ0n) is 24.4. The average molecular weight is 664 g/mol. The van der Waals surface area contributed by atoms with Crippen molar-refractivity contribution < 1.29 is 39.1 Å². The van der Waals surface area contributed by atoms with Crippen molar-refractivity contribution in [2.24, 2.45) is 7.05 Å². The number of rotatable bonds is 10. The fourth-order valence-corrected chi connectivity index (χ4v) is 7.95. The first-order chi connectivity index (χ1) is 21.4. The number of aromatic nitrogens is 4. The Bertz CT molecular complexity index is 1510. The second-order valence-corrected chi connectivity index (χ2v) is 12.8. The Morgan fingerprint density at radius 1 is 1.29 bits per heavy atom. The van der Waals surface area contributed by atoms with Gasteiger partial charge in [0, 0.05) is 18.6 Å². The SMILES string of the molecule is CC[N+]1([O-])CCN(C(=O)NC(C(=O)N[C@]2(CO)C(=O)N3C(C(=O)O)=C(CSc4nnnn4C)CS[C@H]32)c2ccccc2)C(O)C1. The van der Waals surface area contributed by atoms with Gasteiger partial charge in [0.05, 0.1) is 26.2 Å². The van der Waals surface area contributed by atoms with Crippen molar-refractivity contribution in [3.8, 4) is 0 Å². The number of aliphatic hydroxyl groups is 2. The maximum absolute atomic E-state index is 13.8. The monoisotopic (exact) mass is 663 g/mol. The molecule has 5 N–H and O–H groups in total. The molecule has 0 aliphatic carbocycles. The van der Waals surface area contributed by atoms with Crippen molar-refractivity contribution in [1.29, 1.82) is 0 Å². The summed E-state index contributed by atoms with van der Waals surface area (Å²) in [5.74, 6) is -2.61. The summed E-state index contributed by atoms with van der Waals surface area (Å²) >= 11 is 2.39. The highest BCUT2D eigenvalue weighted by Gasteiger charge is 2.65. The van der Waals surface area contributed by atoms with Crippen LogP contribution < -0.4 is 10.6 Å². The fraction of sp³-hybridized carbons (Fsp3) is 0.500. The molecular formula is C26H33N9O8S2. The number of nitrogens with zero attached hydrogens (tertiary/aromatic N) is 7. The molecule has 242 valence electrons. The van der Waals surface area contributed by atoms with Gasteiger partial charge in [-0.25, -0.2) is 14.3 Å². The van der Waals surface area contributed by atoms with E-state index < -0.39 is 58.3 Å². The van der Waals surface area contributed by atoms with Gasteiger partial charge in [-0.3, -0.25) is 19.4 Å². The van der Waals surface area contributed by atoms with Gasteiger partial charge >= 0.3 is 12.0 Å². The number of quaternary nitrogens is 1. The molecule has 1 aromatic heterocycles. The summed E-state index contributed by atoms with van der Waals surface area (Å²) in [5.41, 5.74) is -1.30. The molecule has 17 nitrogen and oxygen atoms in total. The number of likely N-dealkylation sites (N-methyl/N-ethyl adjacent to an activating group) is 1. The third-order valence-corrected chi connectivity index (χ3v) is 10.6. The molecule has 1 aromatic carbocycles. The van der Waals surface area contributed by atoms with Crippen LogP contribution in [0, 0.1) is 5.21 Å². The second-order valence-electron chi connectivity index (χ2n) is 10.8. The lowest BCUT2D eigenvalue weighted by Crippen LogP contribution is -2.81. The highest BCUT2D eigenvalue weighted by Crippen LogP contribution is 2.47. The van der Waals surface area contributed by atoms with Crippen LogP contribution in [0.4, 0.5) is 4.79 Å². The van der Waals surface area contributed by atoms with E-state index in [0.29, 0.717) is 16.3 Å². The smallest absolute Gasteiger partial charge is 0.352 e. The topological polar surface area (TPSA) is 226 Å². The standard InChI is InChI=1S/C26H33N9O8S2/c1-3-35(43)10-9-33(17(37)11-35)24(42)27-18(15-7-5-4-6-8-15)20(38)28-26(14-36)22(41)34-19(21(39)40)16(12-44-23(26)34)13-45-25-29-30-31-32(25)2/h4-8,17-18,23,36-37H,3,9-14H2,1-2H3,(H,27,42)(H,28,38)(H,39,40)/t17?,18?,23-,26+,35?/m0/s1. The number of aliphatic carboxylic acids is 1.